The van der Waals surface area contributed by atoms with Crippen LogP contribution in [-0.2, 0) is 5.41 Å². The lowest BCUT2D eigenvalue weighted by molar-refractivity contribution is 0.0641. The summed E-state index contributed by atoms with van der Waals surface area (Å²) in [5, 5.41) is 16.2. The second kappa shape index (κ2) is 5.86. The van der Waals surface area contributed by atoms with E-state index < -0.39 is 0 Å². The molecule has 0 saturated carbocycles. The lowest BCUT2D eigenvalue weighted by atomic mass is 9.77. The van der Waals surface area contributed by atoms with Gasteiger partial charge in [0.1, 0.15) is 5.69 Å². The zero-order valence-corrected chi connectivity index (χ0v) is 13.2. The first-order chi connectivity index (χ1) is 11.0. The Kier molecular flexibility index (Phi) is 3.89. The molecule has 23 heavy (non-hydrogen) atoms. The molecule has 0 aliphatic carbocycles. The molecule has 3 heterocycles. The van der Waals surface area contributed by atoms with E-state index >= 15 is 0 Å². The van der Waals surface area contributed by atoms with Crippen LogP contribution in [0.2, 0.25) is 0 Å². The molecule has 3 N–H and O–H groups in total. The van der Waals surface area contributed by atoms with Crippen molar-refractivity contribution in [3.05, 3.63) is 35.4 Å². The molecule has 122 valence electrons. The standard InChI is InChI=1S/C15H20N6O2/c1-15(12-10(8-18-20-12)13(22)16-2)5-3-7-21(9-15)14(23)11-4-6-17-19-11/h4,6,8H,3,5,7,9H2,1-2H3,(H,16,22)(H,17,19)(H,18,20)/t15-/m1/s1. The van der Waals surface area contributed by atoms with Gasteiger partial charge in [0.25, 0.3) is 11.8 Å². The van der Waals surface area contributed by atoms with Crippen molar-refractivity contribution in [2.24, 2.45) is 0 Å². The van der Waals surface area contributed by atoms with E-state index in [0.717, 1.165) is 18.5 Å². The Morgan fingerprint density at radius 2 is 2.17 bits per heavy atom. The normalized spacial score (nSPS) is 21.2. The van der Waals surface area contributed by atoms with Crippen LogP contribution in [0.15, 0.2) is 18.5 Å². The van der Waals surface area contributed by atoms with Crippen LogP contribution in [0, 0.1) is 0 Å². The zero-order chi connectivity index (χ0) is 16.4. The minimum Gasteiger partial charge on any atom is -0.355 e. The molecule has 8 nitrogen and oxygen atoms in total. The third-order valence-corrected chi connectivity index (χ3v) is 4.43. The van der Waals surface area contributed by atoms with Crippen molar-refractivity contribution in [2.75, 3.05) is 20.1 Å². The summed E-state index contributed by atoms with van der Waals surface area (Å²) in [5.74, 6) is -0.249. The molecule has 2 aromatic rings. The number of rotatable bonds is 3. The zero-order valence-electron chi connectivity index (χ0n) is 13.2. The molecule has 0 spiro atoms. The second-order valence-electron chi connectivity index (χ2n) is 6.10. The van der Waals surface area contributed by atoms with E-state index in [1.807, 2.05) is 0 Å². The Balaban J connectivity index is 1.86. The number of carbonyl (C=O) groups is 2. The van der Waals surface area contributed by atoms with Gasteiger partial charge in [-0.05, 0) is 18.9 Å². The minimum atomic E-state index is -0.341. The molecule has 0 radical (unpaired) electrons. The molecular weight excluding hydrogens is 296 g/mol. The lowest BCUT2D eigenvalue weighted by Crippen LogP contribution is -2.48. The summed E-state index contributed by atoms with van der Waals surface area (Å²) in [5.41, 5.74) is 1.45. The maximum absolute atomic E-state index is 12.5. The van der Waals surface area contributed by atoms with Crippen molar-refractivity contribution in [3.63, 3.8) is 0 Å². The molecule has 1 fully saturated rings. The fourth-order valence-corrected chi connectivity index (χ4v) is 3.22. The van der Waals surface area contributed by atoms with Crippen molar-refractivity contribution < 1.29 is 9.59 Å². The Bertz CT molecular complexity index is 707. The van der Waals surface area contributed by atoms with Gasteiger partial charge in [-0.3, -0.25) is 19.8 Å². The summed E-state index contributed by atoms with van der Waals surface area (Å²) in [6, 6.07) is 1.67. The first-order valence-electron chi connectivity index (χ1n) is 7.60. The summed E-state index contributed by atoms with van der Waals surface area (Å²) < 4.78 is 0. The first kappa shape index (κ1) is 15.3. The SMILES string of the molecule is CNC(=O)c1cn[nH]c1[C@]1(C)CCCN(C(=O)c2ccn[nH]2)C1. The summed E-state index contributed by atoms with van der Waals surface area (Å²) in [6.07, 6.45) is 4.85. The maximum Gasteiger partial charge on any atom is 0.271 e. The minimum absolute atomic E-state index is 0.0746. The van der Waals surface area contributed by atoms with Gasteiger partial charge < -0.3 is 10.2 Å². The van der Waals surface area contributed by atoms with Gasteiger partial charge in [0.15, 0.2) is 0 Å². The number of carbonyl (C=O) groups excluding carboxylic acids is 2. The molecular formula is C15H20N6O2. The van der Waals surface area contributed by atoms with Crippen LogP contribution in [-0.4, -0.2) is 57.2 Å². The number of likely N-dealkylation sites (tertiary alicyclic amines) is 1. The summed E-state index contributed by atoms with van der Waals surface area (Å²) in [4.78, 5) is 26.4. The molecule has 1 saturated heterocycles. The van der Waals surface area contributed by atoms with Crippen molar-refractivity contribution in [3.8, 4) is 0 Å². The Hall–Kier alpha value is -2.64. The van der Waals surface area contributed by atoms with Crippen molar-refractivity contribution in [2.45, 2.75) is 25.2 Å². The van der Waals surface area contributed by atoms with Crippen LogP contribution >= 0.6 is 0 Å². The van der Waals surface area contributed by atoms with Gasteiger partial charge in [-0.1, -0.05) is 6.92 Å². The smallest absolute Gasteiger partial charge is 0.271 e. The van der Waals surface area contributed by atoms with Gasteiger partial charge in [0.05, 0.1) is 17.5 Å². The molecule has 2 aromatic heterocycles. The highest BCUT2D eigenvalue weighted by Gasteiger charge is 2.38. The monoisotopic (exact) mass is 316 g/mol. The van der Waals surface area contributed by atoms with Crippen LogP contribution in [0.1, 0.15) is 46.3 Å². The molecule has 1 aliphatic heterocycles. The second-order valence-corrected chi connectivity index (χ2v) is 6.10. The predicted octanol–water partition coefficient (Wildman–Crippen LogP) is 0.686. The average molecular weight is 316 g/mol. The van der Waals surface area contributed by atoms with Gasteiger partial charge in [-0.15, -0.1) is 0 Å². The third-order valence-electron chi connectivity index (χ3n) is 4.43. The number of amides is 2. The molecule has 1 aliphatic rings. The van der Waals surface area contributed by atoms with Gasteiger partial charge in [-0.2, -0.15) is 10.2 Å². The number of hydrogen-bond donors (Lipinski definition) is 3. The van der Waals surface area contributed by atoms with Crippen LogP contribution < -0.4 is 5.32 Å². The van der Waals surface area contributed by atoms with Crippen LogP contribution in [0.4, 0.5) is 0 Å². The fourth-order valence-electron chi connectivity index (χ4n) is 3.22. The Morgan fingerprint density at radius 3 is 2.87 bits per heavy atom. The van der Waals surface area contributed by atoms with E-state index in [4.69, 9.17) is 0 Å². The highest BCUT2D eigenvalue weighted by molar-refractivity contribution is 5.95. The van der Waals surface area contributed by atoms with Gasteiger partial charge >= 0.3 is 0 Å². The first-order valence-corrected chi connectivity index (χ1v) is 7.60. The number of aromatic amines is 2. The molecule has 0 bridgehead atoms. The lowest BCUT2D eigenvalue weighted by Gasteiger charge is -2.40. The summed E-state index contributed by atoms with van der Waals surface area (Å²) in [7, 11) is 1.59. The number of hydrogen-bond acceptors (Lipinski definition) is 4. The van der Waals surface area contributed by atoms with E-state index in [1.54, 1.807) is 24.2 Å². The quantitative estimate of drug-likeness (QED) is 0.774. The predicted molar refractivity (Wildman–Crippen MR) is 83.1 cm³/mol. The van der Waals surface area contributed by atoms with Crippen molar-refractivity contribution in [1.29, 1.82) is 0 Å². The van der Waals surface area contributed by atoms with E-state index in [1.165, 1.54) is 6.20 Å². The van der Waals surface area contributed by atoms with Crippen LogP contribution in [0.3, 0.4) is 0 Å². The topological polar surface area (TPSA) is 107 Å². The Morgan fingerprint density at radius 1 is 1.35 bits per heavy atom. The van der Waals surface area contributed by atoms with Crippen LogP contribution in [0.25, 0.3) is 0 Å². The number of piperidine rings is 1. The van der Waals surface area contributed by atoms with Gasteiger partial charge in [-0.25, -0.2) is 0 Å². The fraction of sp³-hybridized carbons (Fsp3) is 0.467. The molecule has 3 rings (SSSR count). The van der Waals surface area contributed by atoms with Crippen molar-refractivity contribution >= 4 is 11.8 Å². The summed E-state index contributed by atoms with van der Waals surface area (Å²) in [6.45, 7) is 3.27. The number of nitrogens with zero attached hydrogens (tertiary/aromatic N) is 3. The highest BCUT2D eigenvalue weighted by Crippen LogP contribution is 2.34. The van der Waals surface area contributed by atoms with Crippen molar-refractivity contribution in [1.82, 2.24) is 30.6 Å². The van der Waals surface area contributed by atoms with Crippen LogP contribution in [0.5, 0.6) is 0 Å². The highest BCUT2D eigenvalue weighted by atomic mass is 16.2. The number of nitrogens with one attached hydrogen (secondary N) is 3. The van der Waals surface area contributed by atoms with E-state index in [9.17, 15) is 9.59 Å². The Labute approximate surface area is 133 Å². The maximum atomic E-state index is 12.5. The molecule has 0 unspecified atom stereocenters. The largest absolute Gasteiger partial charge is 0.355 e. The summed E-state index contributed by atoms with van der Waals surface area (Å²) >= 11 is 0. The van der Waals surface area contributed by atoms with E-state index in [0.29, 0.717) is 24.3 Å². The van der Waals surface area contributed by atoms with Gasteiger partial charge in [0, 0.05) is 31.7 Å². The number of aromatic nitrogens is 4. The van der Waals surface area contributed by atoms with E-state index in [2.05, 4.69) is 32.6 Å². The van der Waals surface area contributed by atoms with Gasteiger partial charge in [0.2, 0.25) is 0 Å². The number of H-pyrrole nitrogens is 2. The molecule has 2 amide bonds. The third kappa shape index (κ3) is 2.71. The molecule has 8 heteroatoms. The molecule has 0 aromatic carbocycles. The average Bonchev–Trinajstić information content (AvgIpc) is 3.24. The molecule has 1 atom stereocenters. The van der Waals surface area contributed by atoms with E-state index in [-0.39, 0.29) is 17.2 Å².